The van der Waals surface area contributed by atoms with Crippen LogP contribution in [0.15, 0.2) is 48.5 Å². The molecule has 40 heavy (non-hydrogen) atoms. The number of nitrogens with one attached hydrogen (secondary N) is 2. The Morgan fingerprint density at radius 3 is 2.45 bits per heavy atom. The number of hydrogen-bond acceptors (Lipinski definition) is 7. The molecule has 1 heterocycles. The zero-order valence-corrected chi connectivity index (χ0v) is 24.5. The van der Waals surface area contributed by atoms with E-state index in [-0.39, 0.29) is 36.4 Å². The van der Waals surface area contributed by atoms with Gasteiger partial charge in [-0.2, -0.15) is 0 Å². The largest absolute Gasteiger partial charge is 0.493 e. The molecule has 1 saturated heterocycles. The summed E-state index contributed by atoms with van der Waals surface area (Å²) in [5.74, 6) is 1.30. The number of hydrogen-bond donors (Lipinski definition) is 2. The normalized spacial score (nSPS) is 17.4. The molecule has 0 saturated carbocycles. The Labute approximate surface area is 238 Å². The van der Waals surface area contributed by atoms with Gasteiger partial charge in [-0.3, -0.25) is 4.79 Å². The van der Waals surface area contributed by atoms with Gasteiger partial charge in [0.1, 0.15) is 0 Å². The minimum absolute atomic E-state index is 0.0117. The van der Waals surface area contributed by atoms with Crippen LogP contribution in [0.3, 0.4) is 0 Å². The predicted octanol–water partition coefficient (Wildman–Crippen LogP) is 4.67. The van der Waals surface area contributed by atoms with E-state index >= 15 is 0 Å². The van der Waals surface area contributed by atoms with Gasteiger partial charge in [0.2, 0.25) is 0 Å². The summed E-state index contributed by atoms with van der Waals surface area (Å²) in [6.07, 6.45) is 1.08. The van der Waals surface area contributed by atoms with Crippen LogP contribution in [0.1, 0.15) is 55.6 Å². The number of nitrogens with zero attached hydrogens (tertiary/aromatic N) is 1. The van der Waals surface area contributed by atoms with Crippen molar-refractivity contribution in [3.63, 3.8) is 0 Å². The molecule has 0 aromatic heterocycles. The van der Waals surface area contributed by atoms with Crippen molar-refractivity contribution in [2.75, 3.05) is 53.7 Å². The van der Waals surface area contributed by atoms with Gasteiger partial charge in [0.15, 0.2) is 11.5 Å². The van der Waals surface area contributed by atoms with Crippen molar-refractivity contribution in [3.05, 3.63) is 59.7 Å². The highest BCUT2D eigenvalue weighted by Gasteiger charge is 2.33. The molecule has 0 unspecified atom stereocenters. The third kappa shape index (κ3) is 8.86. The molecular formula is C31H45N3O6. The predicted molar refractivity (Wildman–Crippen MR) is 155 cm³/mol. The number of alkyl carbamates (subject to hydrolysis) is 1. The van der Waals surface area contributed by atoms with Crippen molar-refractivity contribution in [1.29, 1.82) is 0 Å². The van der Waals surface area contributed by atoms with Gasteiger partial charge in [-0.25, -0.2) is 4.79 Å². The van der Waals surface area contributed by atoms with Crippen LogP contribution in [0.2, 0.25) is 0 Å². The van der Waals surface area contributed by atoms with Crippen molar-refractivity contribution < 1.29 is 28.5 Å². The number of benzene rings is 2. The fourth-order valence-corrected chi connectivity index (χ4v) is 4.92. The van der Waals surface area contributed by atoms with Crippen LogP contribution < -0.4 is 20.1 Å². The first-order chi connectivity index (χ1) is 19.4. The van der Waals surface area contributed by atoms with E-state index in [0.29, 0.717) is 36.8 Å². The lowest BCUT2D eigenvalue weighted by molar-refractivity contribution is 0.0627. The van der Waals surface area contributed by atoms with Crippen molar-refractivity contribution in [1.82, 2.24) is 15.5 Å². The van der Waals surface area contributed by atoms with Crippen LogP contribution in [0.4, 0.5) is 4.79 Å². The van der Waals surface area contributed by atoms with E-state index in [2.05, 4.69) is 10.6 Å². The van der Waals surface area contributed by atoms with Crippen LogP contribution in [0, 0.1) is 11.8 Å². The minimum atomic E-state index is -0.422. The Kier molecular flexibility index (Phi) is 12.6. The van der Waals surface area contributed by atoms with Gasteiger partial charge in [-0.1, -0.05) is 37.3 Å². The molecule has 0 aliphatic carbocycles. The Bertz CT molecular complexity index is 1060. The van der Waals surface area contributed by atoms with E-state index in [9.17, 15) is 9.59 Å². The second-order valence-corrected chi connectivity index (χ2v) is 10.4. The van der Waals surface area contributed by atoms with Crippen LogP contribution in [-0.4, -0.2) is 76.6 Å². The summed E-state index contributed by atoms with van der Waals surface area (Å²) in [6.45, 7) is 9.44. The number of methoxy groups -OCH3 is 2. The quantitative estimate of drug-likeness (QED) is 0.308. The maximum absolute atomic E-state index is 13.7. The molecule has 1 fully saturated rings. The molecule has 3 rings (SSSR count). The summed E-state index contributed by atoms with van der Waals surface area (Å²) in [6, 6.07) is 15.1. The molecule has 2 amide bonds. The van der Waals surface area contributed by atoms with E-state index in [4.69, 9.17) is 18.9 Å². The number of carbonyl (C=O) groups excluding carboxylic acids is 2. The van der Waals surface area contributed by atoms with Gasteiger partial charge in [0, 0.05) is 57.3 Å². The van der Waals surface area contributed by atoms with Crippen molar-refractivity contribution >= 4 is 12.0 Å². The molecule has 0 bridgehead atoms. The molecule has 220 valence electrons. The first kappa shape index (κ1) is 31.2. The second-order valence-electron chi connectivity index (χ2n) is 10.4. The number of ether oxygens (including phenoxy) is 4. The summed E-state index contributed by atoms with van der Waals surface area (Å²) in [5.41, 5.74) is 1.59. The molecule has 2 aromatic carbocycles. The van der Waals surface area contributed by atoms with E-state index in [1.54, 1.807) is 32.4 Å². The lowest BCUT2D eigenvalue weighted by Gasteiger charge is -2.31. The first-order valence-corrected chi connectivity index (χ1v) is 14.2. The van der Waals surface area contributed by atoms with E-state index in [0.717, 1.165) is 31.5 Å². The van der Waals surface area contributed by atoms with Crippen molar-refractivity contribution in [2.24, 2.45) is 11.8 Å². The molecule has 2 aromatic rings. The fourth-order valence-electron chi connectivity index (χ4n) is 4.92. The third-order valence-corrected chi connectivity index (χ3v) is 7.29. The van der Waals surface area contributed by atoms with Crippen LogP contribution in [-0.2, 0) is 9.47 Å². The SMILES string of the molecule is CC[C@H](NC(=O)OC[C@@H]1CNC[C@H]1CN(C(=O)c1ccc(OC)c(OCCCOC)c1)C(C)C)c1ccccc1. The maximum atomic E-state index is 13.7. The van der Waals surface area contributed by atoms with Crippen molar-refractivity contribution in [2.45, 2.75) is 45.7 Å². The van der Waals surface area contributed by atoms with E-state index in [1.165, 1.54) is 0 Å². The average molecular weight is 556 g/mol. The highest BCUT2D eigenvalue weighted by molar-refractivity contribution is 5.95. The molecule has 1 aliphatic heterocycles. The van der Waals surface area contributed by atoms with Crippen LogP contribution in [0.25, 0.3) is 0 Å². The molecule has 9 heteroatoms. The zero-order chi connectivity index (χ0) is 28.9. The zero-order valence-electron chi connectivity index (χ0n) is 24.5. The molecular weight excluding hydrogens is 510 g/mol. The topological polar surface area (TPSA) is 98.4 Å². The molecule has 1 aliphatic rings. The summed E-state index contributed by atoms with van der Waals surface area (Å²) < 4.78 is 22.1. The summed E-state index contributed by atoms with van der Waals surface area (Å²) >= 11 is 0. The maximum Gasteiger partial charge on any atom is 0.407 e. The fraction of sp³-hybridized carbons (Fsp3) is 0.548. The number of rotatable bonds is 15. The smallest absolute Gasteiger partial charge is 0.407 e. The highest BCUT2D eigenvalue weighted by Crippen LogP contribution is 2.30. The van der Waals surface area contributed by atoms with Gasteiger partial charge < -0.3 is 34.5 Å². The van der Waals surface area contributed by atoms with Gasteiger partial charge in [0.25, 0.3) is 5.91 Å². The van der Waals surface area contributed by atoms with Crippen LogP contribution >= 0.6 is 0 Å². The molecule has 3 atom stereocenters. The molecule has 9 nitrogen and oxygen atoms in total. The Morgan fingerprint density at radius 2 is 1.77 bits per heavy atom. The highest BCUT2D eigenvalue weighted by atomic mass is 16.5. The Balaban J connectivity index is 1.61. The molecule has 0 spiro atoms. The second kappa shape index (κ2) is 16.1. The summed E-state index contributed by atoms with van der Waals surface area (Å²) in [4.78, 5) is 28.2. The number of carbonyl (C=O) groups is 2. The summed E-state index contributed by atoms with van der Waals surface area (Å²) in [5, 5.41) is 6.39. The minimum Gasteiger partial charge on any atom is -0.493 e. The van der Waals surface area contributed by atoms with Gasteiger partial charge in [-0.15, -0.1) is 0 Å². The average Bonchev–Trinajstić information content (AvgIpc) is 3.42. The first-order valence-electron chi connectivity index (χ1n) is 14.2. The summed E-state index contributed by atoms with van der Waals surface area (Å²) in [7, 11) is 3.23. The van der Waals surface area contributed by atoms with Gasteiger partial charge in [-0.05, 0) is 49.9 Å². The lowest BCUT2D eigenvalue weighted by Crippen LogP contribution is -2.42. The number of amides is 2. The van der Waals surface area contributed by atoms with Gasteiger partial charge in [0.05, 0.1) is 26.4 Å². The Morgan fingerprint density at radius 1 is 1.02 bits per heavy atom. The van der Waals surface area contributed by atoms with Gasteiger partial charge >= 0.3 is 6.09 Å². The standard InChI is InChI=1S/C31H45N3O6/c1-6-27(23-11-8-7-9-12-23)33-31(36)40-21-26-19-32-18-25(26)20-34(22(2)3)30(35)24-13-14-28(38-5)29(17-24)39-16-10-15-37-4/h7-9,11-14,17,22,25-27,32H,6,10,15-16,18-21H2,1-5H3,(H,33,36)/t25-,26-,27-/m0/s1. The monoisotopic (exact) mass is 555 g/mol. The van der Waals surface area contributed by atoms with E-state index in [1.807, 2.05) is 56.0 Å². The van der Waals surface area contributed by atoms with Crippen molar-refractivity contribution in [3.8, 4) is 11.5 Å². The third-order valence-electron chi connectivity index (χ3n) is 7.29. The Hall–Kier alpha value is -3.30. The van der Waals surface area contributed by atoms with E-state index < -0.39 is 6.09 Å². The molecule has 0 radical (unpaired) electrons. The molecule has 2 N–H and O–H groups in total. The van der Waals surface area contributed by atoms with Crippen LogP contribution in [0.5, 0.6) is 11.5 Å². The lowest BCUT2D eigenvalue weighted by atomic mass is 9.95.